The lowest BCUT2D eigenvalue weighted by Crippen LogP contribution is -2.08. The highest BCUT2D eigenvalue weighted by Crippen LogP contribution is 2.17. The smallest absolute Gasteiger partial charge is 0.334 e. The van der Waals surface area contributed by atoms with Crippen molar-refractivity contribution in [1.82, 2.24) is 0 Å². The van der Waals surface area contributed by atoms with E-state index in [2.05, 4.69) is 6.58 Å². The molecule has 0 aliphatic rings. The summed E-state index contributed by atoms with van der Waals surface area (Å²) in [5, 5.41) is 8.54. The molecule has 1 rings (SSSR count). The van der Waals surface area contributed by atoms with Gasteiger partial charge in [-0.2, -0.15) is 0 Å². The van der Waals surface area contributed by atoms with Crippen LogP contribution in [0, 0.1) is 0 Å². The fraction of sp³-hybridized carbons (Fsp3) is 0.182. The number of hydrogen-bond acceptors (Lipinski definition) is 3. The van der Waals surface area contributed by atoms with Gasteiger partial charge in [-0.3, -0.25) is 0 Å². The van der Waals surface area contributed by atoms with E-state index in [1.54, 1.807) is 31.4 Å². The minimum atomic E-state index is -1.05. The molecule has 0 unspecified atom stereocenters. The number of aliphatic carboxylic acids is 1. The second-order valence-electron chi connectivity index (χ2n) is 2.87. The fourth-order valence-electron chi connectivity index (χ4n) is 0.904. The van der Waals surface area contributed by atoms with E-state index in [9.17, 15) is 4.79 Å². The third-order valence-corrected chi connectivity index (χ3v) is 1.77. The highest BCUT2D eigenvalue weighted by molar-refractivity contribution is 5.86. The minimum Gasteiger partial charge on any atom is -0.497 e. The number of carbonyl (C=O) groups is 1. The molecule has 0 amide bonds. The van der Waals surface area contributed by atoms with E-state index in [0.29, 0.717) is 5.75 Å². The predicted octanol–water partition coefficient (Wildman–Crippen LogP) is 1.71. The van der Waals surface area contributed by atoms with Crippen molar-refractivity contribution in [3.63, 3.8) is 0 Å². The predicted molar refractivity (Wildman–Crippen MR) is 55.3 cm³/mol. The summed E-state index contributed by atoms with van der Waals surface area (Å²) >= 11 is 0. The summed E-state index contributed by atoms with van der Waals surface area (Å²) in [4.78, 5) is 10.4. The van der Waals surface area contributed by atoms with Crippen LogP contribution < -0.4 is 9.47 Å². The van der Waals surface area contributed by atoms with Crippen molar-refractivity contribution in [3.8, 4) is 11.5 Å². The van der Waals surface area contributed by atoms with Gasteiger partial charge in [-0.15, -0.1) is 0 Å². The van der Waals surface area contributed by atoms with E-state index in [-0.39, 0.29) is 12.2 Å². The zero-order valence-electron chi connectivity index (χ0n) is 8.40. The maximum atomic E-state index is 10.4. The first kappa shape index (κ1) is 11.1. The van der Waals surface area contributed by atoms with Crippen LogP contribution in [0.2, 0.25) is 0 Å². The maximum absolute atomic E-state index is 10.4. The van der Waals surface area contributed by atoms with Crippen molar-refractivity contribution in [1.29, 1.82) is 0 Å². The SMILES string of the molecule is C=C(COc1ccc(OC)cc1)C(=O)O. The van der Waals surface area contributed by atoms with Crippen LogP contribution in [-0.4, -0.2) is 24.8 Å². The summed E-state index contributed by atoms with van der Waals surface area (Å²) in [5.41, 5.74) is 0.0193. The topological polar surface area (TPSA) is 55.8 Å². The Balaban J connectivity index is 2.51. The summed E-state index contributed by atoms with van der Waals surface area (Å²) in [6.45, 7) is 3.33. The zero-order chi connectivity index (χ0) is 11.3. The molecule has 4 nitrogen and oxygen atoms in total. The van der Waals surface area contributed by atoms with Gasteiger partial charge < -0.3 is 14.6 Å². The van der Waals surface area contributed by atoms with Gasteiger partial charge in [0.05, 0.1) is 12.7 Å². The molecule has 0 bridgehead atoms. The third kappa shape index (κ3) is 3.34. The van der Waals surface area contributed by atoms with Gasteiger partial charge >= 0.3 is 5.97 Å². The Hall–Kier alpha value is -1.97. The second kappa shape index (κ2) is 5.05. The van der Waals surface area contributed by atoms with Gasteiger partial charge in [0, 0.05) is 0 Å². The number of benzene rings is 1. The molecule has 1 aromatic rings. The minimum absolute atomic E-state index is 0.0193. The van der Waals surface area contributed by atoms with Crippen molar-refractivity contribution in [2.24, 2.45) is 0 Å². The summed E-state index contributed by atoms with van der Waals surface area (Å²) in [5.74, 6) is 0.251. The summed E-state index contributed by atoms with van der Waals surface area (Å²) < 4.78 is 10.2. The van der Waals surface area contributed by atoms with Gasteiger partial charge in [-0.05, 0) is 24.3 Å². The van der Waals surface area contributed by atoms with E-state index in [1.165, 1.54) is 0 Å². The van der Waals surface area contributed by atoms with Crippen molar-refractivity contribution in [2.75, 3.05) is 13.7 Å². The highest BCUT2D eigenvalue weighted by atomic mass is 16.5. The quantitative estimate of drug-likeness (QED) is 0.748. The molecule has 0 heterocycles. The highest BCUT2D eigenvalue weighted by Gasteiger charge is 2.04. The van der Waals surface area contributed by atoms with Crippen LogP contribution in [0.1, 0.15) is 0 Å². The molecule has 0 saturated carbocycles. The van der Waals surface area contributed by atoms with Gasteiger partial charge in [-0.25, -0.2) is 4.79 Å². The molecule has 0 fully saturated rings. The molecule has 0 atom stereocenters. The van der Waals surface area contributed by atoms with Crippen LogP contribution in [0.4, 0.5) is 0 Å². The molecule has 1 N–H and O–H groups in total. The number of ether oxygens (including phenoxy) is 2. The largest absolute Gasteiger partial charge is 0.497 e. The van der Waals surface area contributed by atoms with Crippen molar-refractivity contribution in [2.45, 2.75) is 0 Å². The molecule has 0 saturated heterocycles. The van der Waals surface area contributed by atoms with Crippen molar-refractivity contribution < 1.29 is 19.4 Å². The Bertz CT molecular complexity index is 353. The number of rotatable bonds is 5. The van der Waals surface area contributed by atoms with Crippen LogP contribution in [0.5, 0.6) is 11.5 Å². The number of methoxy groups -OCH3 is 1. The Kier molecular flexibility index (Phi) is 3.74. The molecule has 0 aliphatic carbocycles. The molecule has 0 aliphatic heterocycles. The summed E-state index contributed by atoms with van der Waals surface area (Å²) in [6.07, 6.45) is 0. The van der Waals surface area contributed by atoms with Gasteiger partial charge in [0.15, 0.2) is 0 Å². The van der Waals surface area contributed by atoms with E-state index >= 15 is 0 Å². The molecule has 15 heavy (non-hydrogen) atoms. The zero-order valence-corrected chi connectivity index (χ0v) is 8.40. The van der Waals surface area contributed by atoms with Crippen LogP contribution in [-0.2, 0) is 4.79 Å². The van der Waals surface area contributed by atoms with Gasteiger partial charge in [-0.1, -0.05) is 6.58 Å². The van der Waals surface area contributed by atoms with Crippen LogP contribution >= 0.6 is 0 Å². The Labute approximate surface area is 87.7 Å². The summed E-state index contributed by atoms with van der Waals surface area (Å²) in [7, 11) is 1.57. The van der Waals surface area contributed by atoms with Gasteiger partial charge in [0.2, 0.25) is 0 Å². The Morgan fingerprint density at radius 1 is 1.33 bits per heavy atom. The molecule has 80 valence electrons. The summed E-state index contributed by atoms with van der Waals surface area (Å²) in [6, 6.07) is 6.87. The second-order valence-corrected chi connectivity index (χ2v) is 2.87. The molecular weight excluding hydrogens is 196 g/mol. The number of hydrogen-bond donors (Lipinski definition) is 1. The maximum Gasteiger partial charge on any atom is 0.334 e. The number of carboxylic acids is 1. The molecule has 1 aromatic carbocycles. The van der Waals surface area contributed by atoms with E-state index < -0.39 is 5.97 Å². The third-order valence-electron chi connectivity index (χ3n) is 1.77. The first-order valence-electron chi connectivity index (χ1n) is 4.31. The average molecular weight is 208 g/mol. The van der Waals surface area contributed by atoms with Gasteiger partial charge in [0.25, 0.3) is 0 Å². The lowest BCUT2D eigenvalue weighted by Gasteiger charge is -2.06. The van der Waals surface area contributed by atoms with E-state index in [4.69, 9.17) is 14.6 Å². The van der Waals surface area contributed by atoms with E-state index in [0.717, 1.165) is 5.75 Å². The molecule has 0 spiro atoms. The average Bonchev–Trinajstić information content (AvgIpc) is 2.26. The molecule has 4 heteroatoms. The lowest BCUT2D eigenvalue weighted by atomic mass is 10.3. The molecular formula is C11H12O4. The Morgan fingerprint density at radius 2 is 1.87 bits per heavy atom. The van der Waals surface area contributed by atoms with E-state index in [1.807, 2.05) is 0 Å². The van der Waals surface area contributed by atoms with Crippen LogP contribution in [0.3, 0.4) is 0 Å². The van der Waals surface area contributed by atoms with Crippen molar-refractivity contribution >= 4 is 5.97 Å². The number of carboxylic acid groups (broad SMARTS) is 1. The van der Waals surface area contributed by atoms with Gasteiger partial charge in [0.1, 0.15) is 18.1 Å². The monoisotopic (exact) mass is 208 g/mol. The first-order chi connectivity index (χ1) is 7.13. The van der Waals surface area contributed by atoms with Crippen molar-refractivity contribution in [3.05, 3.63) is 36.4 Å². The fourth-order valence-corrected chi connectivity index (χ4v) is 0.904. The van der Waals surface area contributed by atoms with Crippen LogP contribution in [0.25, 0.3) is 0 Å². The molecule has 0 radical (unpaired) electrons. The molecule has 0 aromatic heterocycles. The normalized spacial score (nSPS) is 9.40. The van der Waals surface area contributed by atoms with Crippen LogP contribution in [0.15, 0.2) is 36.4 Å². The standard InChI is InChI=1S/C11H12O4/c1-8(11(12)13)7-15-10-5-3-9(14-2)4-6-10/h3-6H,1,7H2,2H3,(H,12,13). The lowest BCUT2D eigenvalue weighted by molar-refractivity contribution is -0.133. The Morgan fingerprint density at radius 3 is 2.33 bits per heavy atom. The first-order valence-corrected chi connectivity index (χ1v) is 4.31.